The lowest BCUT2D eigenvalue weighted by Crippen LogP contribution is -2.40. The van der Waals surface area contributed by atoms with Crippen LogP contribution in [0.1, 0.15) is 39.7 Å². The third kappa shape index (κ3) is 6.30. The number of nitrogens with zero attached hydrogens (tertiary/aromatic N) is 4. The number of carbonyl (C=O) groups excluding carboxylic acids is 1. The van der Waals surface area contributed by atoms with Crippen LogP contribution in [0.15, 0.2) is 35.5 Å². The summed E-state index contributed by atoms with van der Waals surface area (Å²) < 4.78 is 7.53. The minimum atomic E-state index is 0.0365. The van der Waals surface area contributed by atoms with Crippen molar-refractivity contribution in [1.29, 1.82) is 0 Å². The molecule has 1 saturated heterocycles. The van der Waals surface area contributed by atoms with E-state index in [2.05, 4.69) is 45.8 Å². The Morgan fingerprint density at radius 1 is 1.20 bits per heavy atom. The van der Waals surface area contributed by atoms with Gasteiger partial charge in [-0.2, -0.15) is 0 Å². The maximum atomic E-state index is 12.5. The molecule has 1 aromatic heterocycles. The molecular weight excluding hydrogens is 398 g/mol. The van der Waals surface area contributed by atoms with Gasteiger partial charge in [0.25, 0.3) is 0 Å². The van der Waals surface area contributed by atoms with Crippen LogP contribution < -0.4 is 5.32 Å². The van der Waals surface area contributed by atoms with Crippen LogP contribution in [0.25, 0.3) is 11.4 Å². The van der Waals surface area contributed by atoms with E-state index in [4.69, 9.17) is 4.74 Å². The minimum Gasteiger partial charge on any atom is -0.379 e. The zero-order valence-corrected chi connectivity index (χ0v) is 19.0. The number of ether oxygens (including phenoxy) is 1. The lowest BCUT2D eigenvalue weighted by atomic mass is 10.2. The molecule has 164 valence electrons. The van der Waals surface area contributed by atoms with Crippen LogP contribution in [0, 0.1) is 0 Å². The molecule has 1 fully saturated rings. The van der Waals surface area contributed by atoms with Crippen molar-refractivity contribution in [3.63, 3.8) is 0 Å². The van der Waals surface area contributed by atoms with Crippen molar-refractivity contribution in [3.05, 3.63) is 30.3 Å². The molecule has 2 atom stereocenters. The smallest absolute Gasteiger partial charge is 0.230 e. The first kappa shape index (κ1) is 22.8. The highest BCUT2D eigenvalue weighted by atomic mass is 32.2. The number of thioether (sulfide) groups is 1. The van der Waals surface area contributed by atoms with E-state index in [0.29, 0.717) is 5.75 Å². The van der Waals surface area contributed by atoms with Gasteiger partial charge < -0.3 is 10.1 Å². The molecule has 2 heterocycles. The summed E-state index contributed by atoms with van der Waals surface area (Å²) in [6.07, 6.45) is 1.91. The standard InChI is InChI=1S/C22H33N5O2S/c1-4-18(3)27-21(19-8-6-5-7-9-19)24-25-22(27)30-16-20(28)23-17(2)10-11-26-12-14-29-15-13-26/h5-9,17-18H,4,10-16H2,1-3H3,(H,23,28). The lowest BCUT2D eigenvalue weighted by molar-refractivity contribution is -0.119. The van der Waals surface area contributed by atoms with Gasteiger partial charge in [-0.05, 0) is 26.7 Å². The maximum Gasteiger partial charge on any atom is 0.230 e. The fourth-order valence-corrected chi connectivity index (χ4v) is 4.31. The van der Waals surface area contributed by atoms with Gasteiger partial charge >= 0.3 is 0 Å². The Kier molecular flexibility index (Phi) is 8.72. The summed E-state index contributed by atoms with van der Waals surface area (Å²) in [6.45, 7) is 10.9. The van der Waals surface area contributed by atoms with Crippen LogP contribution in [0.4, 0.5) is 0 Å². The molecule has 0 radical (unpaired) electrons. The van der Waals surface area contributed by atoms with Gasteiger partial charge in [0.2, 0.25) is 5.91 Å². The van der Waals surface area contributed by atoms with Gasteiger partial charge in [0.1, 0.15) is 0 Å². The Morgan fingerprint density at radius 3 is 2.63 bits per heavy atom. The first-order valence-corrected chi connectivity index (χ1v) is 11.8. The first-order chi connectivity index (χ1) is 14.6. The third-order valence-electron chi connectivity index (χ3n) is 5.45. The quantitative estimate of drug-likeness (QED) is 0.583. The lowest BCUT2D eigenvalue weighted by Gasteiger charge is -2.27. The largest absolute Gasteiger partial charge is 0.379 e. The van der Waals surface area contributed by atoms with E-state index in [1.807, 2.05) is 30.3 Å². The highest BCUT2D eigenvalue weighted by Crippen LogP contribution is 2.28. The fourth-order valence-electron chi connectivity index (χ4n) is 3.46. The zero-order chi connectivity index (χ0) is 21.3. The Labute approximate surface area is 183 Å². The molecule has 1 aromatic carbocycles. The van der Waals surface area contributed by atoms with Gasteiger partial charge in [0.05, 0.1) is 19.0 Å². The van der Waals surface area contributed by atoms with Gasteiger partial charge in [0, 0.05) is 37.3 Å². The van der Waals surface area contributed by atoms with Crippen molar-refractivity contribution in [1.82, 2.24) is 25.0 Å². The Bertz CT molecular complexity index is 792. The van der Waals surface area contributed by atoms with E-state index in [1.165, 1.54) is 11.8 Å². The van der Waals surface area contributed by atoms with Crippen molar-refractivity contribution in [2.75, 3.05) is 38.6 Å². The molecular formula is C22H33N5O2S. The number of nitrogens with one attached hydrogen (secondary N) is 1. The molecule has 8 heteroatoms. The van der Waals surface area contributed by atoms with Crippen molar-refractivity contribution in [3.8, 4) is 11.4 Å². The van der Waals surface area contributed by atoms with E-state index < -0.39 is 0 Å². The molecule has 30 heavy (non-hydrogen) atoms. The van der Waals surface area contributed by atoms with Crippen molar-refractivity contribution in [2.24, 2.45) is 0 Å². The average molecular weight is 432 g/mol. The second-order valence-corrected chi connectivity index (χ2v) is 8.74. The van der Waals surface area contributed by atoms with Crippen LogP contribution in [0.2, 0.25) is 0 Å². The normalized spacial score (nSPS) is 16.9. The molecule has 2 aromatic rings. The second kappa shape index (κ2) is 11.5. The number of carbonyl (C=O) groups is 1. The van der Waals surface area contributed by atoms with E-state index in [1.54, 1.807) is 0 Å². The molecule has 0 aliphatic carbocycles. The summed E-state index contributed by atoms with van der Waals surface area (Å²) in [6, 6.07) is 10.5. The molecule has 0 saturated carbocycles. The molecule has 0 spiro atoms. The summed E-state index contributed by atoms with van der Waals surface area (Å²) >= 11 is 1.45. The zero-order valence-electron chi connectivity index (χ0n) is 18.2. The SMILES string of the molecule is CCC(C)n1c(SCC(=O)NC(C)CCN2CCOCC2)nnc1-c1ccccc1. The monoisotopic (exact) mass is 431 g/mol. The topological polar surface area (TPSA) is 72.3 Å². The maximum absolute atomic E-state index is 12.5. The second-order valence-electron chi connectivity index (χ2n) is 7.80. The summed E-state index contributed by atoms with van der Waals surface area (Å²) in [4.78, 5) is 14.9. The molecule has 1 aliphatic heterocycles. The van der Waals surface area contributed by atoms with Gasteiger partial charge in [-0.3, -0.25) is 14.3 Å². The number of hydrogen-bond donors (Lipinski definition) is 1. The fraction of sp³-hybridized carbons (Fsp3) is 0.591. The van der Waals surface area contributed by atoms with Crippen molar-refractivity contribution < 1.29 is 9.53 Å². The van der Waals surface area contributed by atoms with Crippen LogP contribution in [-0.4, -0.2) is 70.2 Å². The van der Waals surface area contributed by atoms with E-state index in [0.717, 1.165) is 62.2 Å². The average Bonchev–Trinajstić information content (AvgIpc) is 3.21. The molecule has 1 aliphatic rings. The molecule has 1 amide bonds. The molecule has 0 bridgehead atoms. The van der Waals surface area contributed by atoms with Crippen molar-refractivity contribution in [2.45, 2.75) is 50.9 Å². The van der Waals surface area contributed by atoms with Crippen LogP contribution in [0.3, 0.4) is 0 Å². The summed E-state index contributed by atoms with van der Waals surface area (Å²) in [5, 5.41) is 12.7. The van der Waals surface area contributed by atoms with E-state index in [9.17, 15) is 4.79 Å². The highest BCUT2D eigenvalue weighted by molar-refractivity contribution is 7.99. The Hall–Kier alpha value is -1.90. The predicted octanol–water partition coefficient (Wildman–Crippen LogP) is 3.24. The minimum absolute atomic E-state index is 0.0365. The summed E-state index contributed by atoms with van der Waals surface area (Å²) in [5.74, 6) is 1.23. The molecule has 3 rings (SSSR count). The van der Waals surface area contributed by atoms with Gasteiger partial charge in [-0.25, -0.2) is 0 Å². The number of benzene rings is 1. The number of amides is 1. The number of aromatic nitrogens is 3. The number of morpholine rings is 1. The van der Waals surface area contributed by atoms with Gasteiger partial charge in [0.15, 0.2) is 11.0 Å². The predicted molar refractivity (Wildman–Crippen MR) is 121 cm³/mol. The summed E-state index contributed by atoms with van der Waals surface area (Å²) in [5.41, 5.74) is 1.04. The van der Waals surface area contributed by atoms with Crippen LogP contribution >= 0.6 is 11.8 Å². The van der Waals surface area contributed by atoms with Gasteiger partial charge in [-0.15, -0.1) is 10.2 Å². The Balaban J connectivity index is 1.54. The Morgan fingerprint density at radius 2 is 1.93 bits per heavy atom. The number of hydrogen-bond acceptors (Lipinski definition) is 6. The first-order valence-electron chi connectivity index (χ1n) is 10.8. The van der Waals surface area contributed by atoms with E-state index >= 15 is 0 Å². The number of rotatable bonds is 10. The highest BCUT2D eigenvalue weighted by Gasteiger charge is 2.19. The third-order valence-corrected chi connectivity index (χ3v) is 6.39. The molecule has 2 unspecified atom stereocenters. The summed E-state index contributed by atoms with van der Waals surface area (Å²) in [7, 11) is 0. The van der Waals surface area contributed by atoms with E-state index in [-0.39, 0.29) is 18.0 Å². The van der Waals surface area contributed by atoms with Crippen LogP contribution in [-0.2, 0) is 9.53 Å². The van der Waals surface area contributed by atoms with Crippen molar-refractivity contribution >= 4 is 17.7 Å². The molecule has 7 nitrogen and oxygen atoms in total. The van der Waals surface area contributed by atoms with Gasteiger partial charge in [-0.1, -0.05) is 49.0 Å². The van der Waals surface area contributed by atoms with Crippen LogP contribution in [0.5, 0.6) is 0 Å². The molecule has 1 N–H and O–H groups in total.